The van der Waals surface area contributed by atoms with E-state index in [1.807, 2.05) is 5.32 Å². The average molecular weight is 891 g/mol. The number of alkyl halides is 5. The number of aliphatic hydroxyl groups excluding tert-OH is 1. The van der Waals surface area contributed by atoms with Crippen molar-refractivity contribution in [1.29, 1.82) is 0 Å². The number of halogens is 7. The summed E-state index contributed by atoms with van der Waals surface area (Å²) in [6.07, 6.45) is -3.62. The number of allylic oxidation sites excluding steroid dienone is 1. The molecule has 2 saturated heterocycles. The molecule has 0 bridgehead atoms. The zero-order valence-electron chi connectivity index (χ0n) is 34.8. The molecule has 0 spiro atoms. The monoisotopic (exact) mass is 890 g/mol. The minimum Gasteiger partial charge on any atom is -0.453 e. The lowest BCUT2D eigenvalue weighted by atomic mass is 9.77. The Labute approximate surface area is 359 Å². The van der Waals surface area contributed by atoms with Crippen LogP contribution in [-0.2, 0) is 27.2 Å². The first-order valence-corrected chi connectivity index (χ1v) is 19.9. The Kier molecular flexibility index (Phi) is 16.6. The van der Waals surface area contributed by atoms with E-state index in [-0.39, 0.29) is 24.1 Å². The van der Waals surface area contributed by atoms with Gasteiger partial charge in [0, 0.05) is 87.2 Å². The number of amides is 1. The maximum absolute atomic E-state index is 15.1. The number of rotatable bonds is 17. The van der Waals surface area contributed by atoms with Crippen LogP contribution < -0.4 is 21.3 Å². The number of hydrogen-bond donors (Lipinski definition) is 4. The van der Waals surface area contributed by atoms with Crippen LogP contribution in [0.3, 0.4) is 0 Å². The molecule has 340 valence electrons. The van der Waals surface area contributed by atoms with E-state index in [1.165, 1.54) is 0 Å². The highest BCUT2D eigenvalue weighted by molar-refractivity contribution is 6.09. The zero-order valence-corrected chi connectivity index (χ0v) is 34.8. The highest BCUT2D eigenvalue weighted by Gasteiger charge is 2.55. The summed E-state index contributed by atoms with van der Waals surface area (Å²) in [5.74, 6) is 2.37. The number of carbonyl (C=O) groups is 2. The summed E-state index contributed by atoms with van der Waals surface area (Å²) in [5, 5.41) is 16.1. The van der Waals surface area contributed by atoms with E-state index < -0.39 is 78.2 Å². The van der Waals surface area contributed by atoms with E-state index in [9.17, 15) is 36.6 Å². The molecule has 0 saturated carbocycles. The molecular formula is C43H49F7N8O5. The Morgan fingerprint density at radius 1 is 1.03 bits per heavy atom. The number of nitrogens with one attached hydrogen (secondary N) is 2. The maximum Gasteiger partial charge on any atom is 0.407 e. The van der Waals surface area contributed by atoms with Gasteiger partial charge in [0.25, 0.3) is 0 Å². The van der Waals surface area contributed by atoms with E-state index in [0.29, 0.717) is 34.9 Å². The third kappa shape index (κ3) is 13.0. The third-order valence-electron chi connectivity index (χ3n) is 11.0. The van der Waals surface area contributed by atoms with Gasteiger partial charge in [-0.1, -0.05) is 24.0 Å². The Balaban J connectivity index is 1.29. The summed E-state index contributed by atoms with van der Waals surface area (Å²) in [4.78, 5) is 42.2. The molecule has 20 heteroatoms. The first-order chi connectivity index (χ1) is 29.9. The normalized spacial score (nSPS) is 16.9. The van der Waals surface area contributed by atoms with E-state index in [0.717, 1.165) is 78.7 Å². The van der Waals surface area contributed by atoms with Crippen LogP contribution in [0.2, 0.25) is 0 Å². The van der Waals surface area contributed by atoms with Crippen molar-refractivity contribution in [1.82, 2.24) is 25.5 Å². The van der Waals surface area contributed by atoms with Gasteiger partial charge in [0.15, 0.2) is 5.78 Å². The number of nitrogens with zero attached hydrogens (tertiary/aromatic N) is 5. The second-order valence-corrected chi connectivity index (χ2v) is 15.7. The summed E-state index contributed by atoms with van der Waals surface area (Å²) in [6, 6.07) is 6.79. The van der Waals surface area contributed by atoms with Crippen molar-refractivity contribution in [2.24, 2.45) is 22.1 Å². The quantitative estimate of drug-likeness (QED) is 0.0634. The summed E-state index contributed by atoms with van der Waals surface area (Å²) in [6.45, 7) is 2.44. The van der Waals surface area contributed by atoms with Crippen LogP contribution in [-0.4, -0.2) is 122 Å². The first kappa shape index (κ1) is 48.4. The fraction of sp³-hybridized carbons (Fsp3) is 0.465. The highest BCUT2D eigenvalue weighted by Crippen LogP contribution is 2.41. The number of aromatic nitrogens is 2. The minimum atomic E-state index is -4.95. The maximum atomic E-state index is 15.1. The number of ketones is 1. The molecule has 5 rings (SSSR count). The summed E-state index contributed by atoms with van der Waals surface area (Å²) in [7, 11) is 0.929. The number of benzene rings is 2. The third-order valence-corrected chi connectivity index (χ3v) is 11.0. The van der Waals surface area contributed by atoms with Crippen molar-refractivity contribution in [3.05, 3.63) is 94.4 Å². The van der Waals surface area contributed by atoms with Crippen molar-refractivity contribution >= 4 is 29.6 Å². The summed E-state index contributed by atoms with van der Waals surface area (Å²) in [5.41, 5.74) is 3.57. The van der Waals surface area contributed by atoms with Crippen molar-refractivity contribution < 1.29 is 54.9 Å². The van der Waals surface area contributed by atoms with Crippen LogP contribution in [0.25, 0.3) is 5.57 Å². The van der Waals surface area contributed by atoms with Crippen LogP contribution in [0.1, 0.15) is 48.1 Å². The van der Waals surface area contributed by atoms with Gasteiger partial charge in [-0.3, -0.25) is 9.69 Å². The molecule has 1 amide bonds. The van der Waals surface area contributed by atoms with E-state index in [2.05, 4.69) is 46.7 Å². The molecule has 0 radical (unpaired) electrons. The van der Waals surface area contributed by atoms with E-state index in [1.54, 1.807) is 36.7 Å². The number of aliphatic imine (C=N–C) groups is 1. The summed E-state index contributed by atoms with van der Waals surface area (Å²) >= 11 is 0. The van der Waals surface area contributed by atoms with Crippen LogP contribution in [0.15, 0.2) is 60.0 Å². The number of piperazine rings is 1. The van der Waals surface area contributed by atoms with Gasteiger partial charge in [-0.2, -0.15) is 22.0 Å². The number of alkyl carbamates (subject to hydrolysis) is 1. The Morgan fingerprint density at radius 3 is 2.19 bits per heavy atom. The van der Waals surface area contributed by atoms with Crippen LogP contribution in [0.5, 0.6) is 0 Å². The molecule has 2 aliphatic rings. The van der Waals surface area contributed by atoms with Gasteiger partial charge in [-0.25, -0.2) is 28.5 Å². The average Bonchev–Trinajstić information content (AvgIpc) is 3.22. The molecule has 2 aliphatic heterocycles. The van der Waals surface area contributed by atoms with Gasteiger partial charge < -0.3 is 35.8 Å². The Morgan fingerprint density at radius 2 is 1.65 bits per heavy atom. The minimum absolute atomic E-state index is 0.0521. The Hall–Kier alpha value is -5.62. The fourth-order valence-electron chi connectivity index (χ4n) is 6.97. The number of ether oxygens (including phenoxy) is 2. The molecule has 2 fully saturated rings. The molecule has 3 atom stereocenters. The molecule has 1 aromatic heterocycles. The predicted octanol–water partition coefficient (Wildman–Crippen LogP) is 4.85. The Bertz CT molecular complexity index is 2130. The number of Topliss-reactive ketones (excluding diaryl/α,β-unsaturated/α-hetero) is 1. The smallest absolute Gasteiger partial charge is 0.407 e. The number of methoxy groups -OCH3 is 1. The second-order valence-electron chi connectivity index (χ2n) is 15.7. The molecule has 2 aromatic carbocycles. The molecule has 3 aromatic rings. The lowest BCUT2D eigenvalue weighted by molar-refractivity contribution is -0.220. The van der Waals surface area contributed by atoms with E-state index in [4.69, 9.17) is 10.5 Å². The molecule has 3 heterocycles. The van der Waals surface area contributed by atoms with Crippen molar-refractivity contribution in [2.75, 3.05) is 57.9 Å². The fourth-order valence-corrected chi connectivity index (χ4v) is 6.97. The topological polar surface area (TPSA) is 168 Å². The largest absolute Gasteiger partial charge is 0.453 e. The number of carbonyl (C=O) groups excluding carboxylic acids is 2. The van der Waals surface area contributed by atoms with Gasteiger partial charge in [0.2, 0.25) is 5.95 Å². The lowest BCUT2D eigenvalue weighted by Gasteiger charge is -2.42. The number of nitrogens with two attached hydrogens (primary N) is 1. The SMILES string of the molecule is COC(=O)N[C@H](C(=O)C[C@@H](Cc1ccc(C#Cc2cnc(N3CCN(C4COC4)CC3)nc2)cc1)[C@@H](O)CNCc1c(F)cc(C(C=NC(F)F)=CN)cc1F)C(C)(C)C(F)(F)F. The van der Waals surface area contributed by atoms with Crippen molar-refractivity contribution in [3.8, 4) is 11.8 Å². The first-order valence-electron chi connectivity index (χ1n) is 19.9. The molecule has 13 nitrogen and oxygen atoms in total. The van der Waals surface area contributed by atoms with Crippen LogP contribution in [0, 0.1) is 34.8 Å². The molecule has 0 unspecified atom stereocenters. The van der Waals surface area contributed by atoms with Gasteiger partial charge in [-0.05, 0) is 61.6 Å². The van der Waals surface area contributed by atoms with Gasteiger partial charge in [0.1, 0.15) is 17.7 Å². The van der Waals surface area contributed by atoms with Crippen LogP contribution >= 0.6 is 0 Å². The molecule has 5 N–H and O–H groups in total. The lowest BCUT2D eigenvalue weighted by Crippen LogP contribution is -2.56. The number of anilines is 1. The number of aliphatic hydroxyl groups is 1. The summed E-state index contributed by atoms with van der Waals surface area (Å²) < 4.78 is 108. The van der Waals surface area contributed by atoms with Gasteiger partial charge in [-0.15, -0.1) is 0 Å². The molecule has 0 aliphatic carbocycles. The van der Waals surface area contributed by atoms with Crippen molar-refractivity contribution in [2.45, 2.75) is 64.1 Å². The highest BCUT2D eigenvalue weighted by atomic mass is 19.4. The molecule has 63 heavy (non-hydrogen) atoms. The second kappa shape index (κ2) is 21.6. The van der Waals surface area contributed by atoms with Gasteiger partial charge >= 0.3 is 18.8 Å². The van der Waals surface area contributed by atoms with Crippen LogP contribution in [0.4, 0.5) is 41.5 Å². The predicted molar refractivity (Wildman–Crippen MR) is 220 cm³/mol. The zero-order chi connectivity index (χ0) is 45.9. The molecular weight excluding hydrogens is 842 g/mol. The standard InChI is InChI=1S/C43H49F7N8O5/c1-42(2,43(48,49)50)38(56-41(61)62-3)36(59)17-30(37(60)23-52-22-33-34(44)15-29(16-35(33)45)31(18-51)21-53-39(46)47)14-27-7-4-26(5-8-27)6-9-28-19-54-40(55-20-28)58-12-10-57(11-13-58)32-24-63-25-32/h4-5,7-8,15-16,18-21,30,32,37-39,52,60H,10-14,17,22-25,51H2,1-3H3,(H,56,61)/t30-,37+,38-/m1/s1. The van der Waals surface area contributed by atoms with E-state index >= 15 is 8.78 Å². The number of hydrogen-bond acceptors (Lipinski definition) is 12. The van der Waals surface area contributed by atoms with Crippen molar-refractivity contribution in [3.63, 3.8) is 0 Å². The van der Waals surface area contributed by atoms with Gasteiger partial charge in [0.05, 0.1) is 43.4 Å².